The first-order chi connectivity index (χ1) is 7.74. The van der Waals surface area contributed by atoms with Crippen LogP contribution < -0.4 is 5.32 Å². The predicted octanol–water partition coefficient (Wildman–Crippen LogP) is 3.82. The fraction of sp³-hybridized carbons (Fsp3) is 0.692. The normalized spacial score (nSPS) is 19.1. The van der Waals surface area contributed by atoms with Gasteiger partial charge in [0.25, 0.3) is 0 Å². The summed E-state index contributed by atoms with van der Waals surface area (Å²) in [5.74, 6) is 0. The lowest BCUT2D eigenvalue weighted by molar-refractivity contribution is 0.536. The zero-order chi connectivity index (χ0) is 11.4. The molecule has 1 aromatic rings. The fourth-order valence-corrected chi connectivity index (χ4v) is 4.27. The van der Waals surface area contributed by atoms with Gasteiger partial charge in [-0.25, -0.2) is 0 Å². The van der Waals surface area contributed by atoms with E-state index in [0.29, 0.717) is 4.75 Å². The molecule has 0 amide bonds. The van der Waals surface area contributed by atoms with Crippen molar-refractivity contribution < 1.29 is 0 Å². The Hall–Kier alpha value is 0.01000. The molecule has 0 atom stereocenters. The van der Waals surface area contributed by atoms with Gasteiger partial charge in [-0.15, -0.1) is 11.3 Å². The van der Waals surface area contributed by atoms with Gasteiger partial charge in [0.05, 0.1) is 0 Å². The minimum Gasteiger partial charge on any atom is -0.310 e. The van der Waals surface area contributed by atoms with Crippen LogP contribution in [0.4, 0.5) is 0 Å². The number of hydrogen-bond acceptors (Lipinski definition) is 3. The Morgan fingerprint density at radius 2 is 2.12 bits per heavy atom. The van der Waals surface area contributed by atoms with Crippen LogP contribution in [0.2, 0.25) is 0 Å². The van der Waals surface area contributed by atoms with E-state index in [1.807, 2.05) is 11.3 Å². The van der Waals surface area contributed by atoms with E-state index < -0.39 is 0 Å². The molecule has 1 saturated carbocycles. The van der Waals surface area contributed by atoms with Gasteiger partial charge in [0.2, 0.25) is 0 Å². The van der Waals surface area contributed by atoms with Gasteiger partial charge in [0, 0.05) is 27.6 Å². The second-order valence-corrected chi connectivity index (χ2v) is 7.36. The number of nitrogens with one attached hydrogen (secondary N) is 1. The van der Waals surface area contributed by atoms with Crippen molar-refractivity contribution in [3.8, 4) is 0 Å². The minimum absolute atomic E-state index is 0.534. The molecule has 0 spiro atoms. The van der Waals surface area contributed by atoms with Crippen LogP contribution in [0.5, 0.6) is 0 Å². The van der Waals surface area contributed by atoms with Gasteiger partial charge < -0.3 is 5.32 Å². The van der Waals surface area contributed by atoms with Crippen LogP contribution in [0.3, 0.4) is 0 Å². The summed E-state index contributed by atoms with van der Waals surface area (Å²) >= 11 is 3.97. The first-order valence-electron chi connectivity index (χ1n) is 6.05. The van der Waals surface area contributed by atoms with Crippen molar-refractivity contribution in [3.05, 3.63) is 21.9 Å². The number of thiophene rings is 1. The smallest absolute Gasteiger partial charge is 0.0300 e. The van der Waals surface area contributed by atoms with Crippen LogP contribution in [-0.2, 0) is 6.54 Å². The Balaban J connectivity index is 1.78. The highest BCUT2D eigenvalue weighted by molar-refractivity contribution is 8.00. The first-order valence-corrected chi connectivity index (χ1v) is 8.09. The molecule has 1 nitrogen and oxygen atoms in total. The van der Waals surface area contributed by atoms with Gasteiger partial charge in [0.15, 0.2) is 0 Å². The summed E-state index contributed by atoms with van der Waals surface area (Å²) in [6, 6.07) is 4.45. The van der Waals surface area contributed by atoms with E-state index in [9.17, 15) is 0 Å². The Morgan fingerprint density at radius 3 is 2.69 bits per heavy atom. The molecule has 0 radical (unpaired) electrons. The van der Waals surface area contributed by atoms with Gasteiger partial charge in [-0.1, -0.05) is 12.8 Å². The summed E-state index contributed by atoms with van der Waals surface area (Å²) in [4.78, 5) is 2.88. The van der Waals surface area contributed by atoms with E-state index in [2.05, 4.69) is 42.4 Å². The summed E-state index contributed by atoms with van der Waals surface area (Å²) in [5, 5.41) is 3.64. The zero-order valence-corrected chi connectivity index (χ0v) is 11.8. The molecule has 0 aromatic carbocycles. The first kappa shape index (κ1) is 12.5. The van der Waals surface area contributed by atoms with Crippen LogP contribution in [0.1, 0.15) is 35.4 Å². The van der Waals surface area contributed by atoms with Crippen molar-refractivity contribution in [1.29, 1.82) is 0 Å². The standard InChI is InChI=1S/C13H21NS2/c1-11-5-6-12(16-11)9-14-10-13(15-2)7-3-4-8-13/h5-6,14H,3-4,7-10H2,1-2H3. The Morgan fingerprint density at radius 1 is 1.38 bits per heavy atom. The molecule has 2 rings (SSSR count). The van der Waals surface area contributed by atoms with Crippen molar-refractivity contribution in [3.63, 3.8) is 0 Å². The van der Waals surface area contributed by atoms with E-state index in [0.717, 1.165) is 6.54 Å². The van der Waals surface area contributed by atoms with E-state index >= 15 is 0 Å². The lowest BCUT2D eigenvalue weighted by Gasteiger charge is -2.26. The Kier molecular flexibility index (Phi) is 4.34. The third-order valence-electron chi connectivity index (χ3n) is 3.49. The summed E-state index contributed by atoms with van der Waals surface area (Å²) < 4.78 is 0.534. The van der Waals surface area contributed by atoms with Gasteiger partial charge in [-0.05, 0) is 38.2 Å². The summed E-state index contributed by atoms with van der Waals surface area (Å²) in [5.41, 5.74) is 0. The van der Waals surface area contributed by atoms with Crippen molar-refractivity contribution >= 4 is 23.1 Å². The molecule has 1 heterocycles. The Labute approximate surface area is 107 Å². The highest BCUT2D eigenvalue weighted by Crippen LogP contribution is 2.39. The van der Waals surface area contributed by atoms with Gasteiger partial charge in [-0.2, -0.15) is 11.8 Å². The summed E-state index contributed by atoms with van der Waals surface area (Å²) in [6.45, 7) is 4.39. The molecule has 1 aromatic heterocycles. The molecular formula is C13H21NS2. The average Bonchev–Trinajstić information content (AvgIpc) is 2.89. The zero-order valence-electron chi connectivity index (χ0n) is 10.2. The third kappa shape index (κ3) is 3.02. The molecular weight excluding hydrogens is 234 g/mol. The van der Waals surface area contributed by atoms with Crippen molar-refractivity contribution in [2.24, 2.45) is 0 Å². The molecule has 1 N–H and O–H groups in total. The molecule has 0 aliphatic heterocycles. The second kappa shape index (κ2) is 5.56. The molecule has 0 unspecified atom stereocenters. The molecule has 1 aliphatic rings. The van der Waals surface area contributed by atoms with Crippen LogP contribution in [0.25, 0.3) is 0 Å². The summed E-state index contributed by atoms with van der Waals surface area (Å²) in [7, 11) is 0. The van der Waals surface area contributed by atoms with Crippen LogP contribution in [0, 0.1) is 6.92 Å². The molecule has 16 heavy (non-hydrogen) atoms. The number of hydrogen-bond donors (Lipinski definition) is 1. The van der Waals surface area contributed by atoms with Gasteiger partial charge in [-0.3, -0.25) is 0 Å². The molecule has 90 valence electrons. The molecule has 0 bridgehead atoms. The van der Waals surface area contributed by atoms with Gasteiger partial charge >= 0.3 is 0 Å². The lowest BCUT2D eigenvalue weighted by atomic mass is 10.1. The van der Waals surface area contributed by atoms with Crippen molar-refractivity contribution in [1.82, 2.24) is 5.32 Å². The highest BCUT2D eigenvalue weighted by Gasteiger charge is 2.32. The highest BCUT2D eigenvalue weighted by atomic mass is 32.2. The van der Waals surface area contributed by atoms with E-state index in [4.69, 9.17) is 0 Å². The number of rotatable bonds is 5. The largest absolute Gasteiger partial charge is 0.310 e. The molecule has 1 aliphatic carbocycles. The molecule has 1 fully saturated rings. The van der Waals surface area contributed by atoms with E-state index in [-0.39, 0.29) is 0 Å². The topological polar surface area (TPSA) is 12.0 Å². The maximum atomic E-state index is 3.64. The second-order valence-electron chi connectivity index (χ2n) is 4.71. The summed E-state index contributed by atoms with van der Waals surface area (Å²) in [6.07, 6.45) is 7.89. The fourth-order valence-electron chi connectivity index (χ4n) is 2.47. The monoisotopic (exact) mass is 255 g/mol. The maximum Gasteiger partial charge on any atom is 0.0300 e. The van der Waals surface area contributed by atoms with Crippen molar-refractivity contribution in [2.45, 2.75) is 43.9 Å². The average molecular weight is 255 g/mol. The van der Waals surface area contributed by atoms with Crippen LogP contribution in [-0.4, -0.2) is 17.5 Å². The third-order valence-corrected chi connectivity index (χ3v) is 5.91. The number of aryl methyl sites for hydroxylation is 1. The molecule has 3 heteroatoms. The number of thioether (sulfide) groups is 1. The van der Waals surface area contributed by atoms with Crippen LogP contribution >= 0.6 is 23.1 Å². The van der Waals surface area contributed by atoms with Gasteiger partial charge in [0.1, 0.15) is 0 Å². The SMILES string of the molecule is CSC1(CNCc2ccc(C)s2)CCCC1. The lowest BCUT2D eigenvalue weighted by Crippen LogP contribution is -2.34. The Bertz CT molecular complexity index is 326. The molecule has 0 saturated heterocycles. The maximum absolute atomic E-state index is 3.64. The van der Waals surface area contributed by atoms with Crippen molar-refractivity contribution in [2.75, 3.05) is 12.8 Å². The quantitative estimate of drug-likeness (QED) is 0.858. The van der Waals surface area contributed by atoms with E-state index in [1.165, 1.54) is 42.0 Å². The predicted molar refractivity (Wildman–Crippen MR) is 75.5 cm³/mol. The van der Waals surface area contributed by atoms with E-state index in [1.54, 1.807) is 0 Å². The van der Waals surface area contributed by atoms with Crippen LogP contribution in [0.15, 0.2) is 12.1 Å². The minimum atomic E-state index is 0.534.